The van der Waals surface area contributed by atoms with E-state index in [2.05, 4.69) is 9.72 Å². The zero-order chi connectivity index (χ0) is 28.4. The molecule has 4 aromatic carbocycles. The third-order valence-corrected chi connectivity index (χ3v) is 7.19. The van der Waals surface area contributed by atoms with Crippen molar-refractivity contribution >= 4 is 79.9 Å². The van der Waals surface area contributed by atoms with E-state index < -0.39 is 9.89 Å². The van der Waals surface area contributed by atoms with E-state index in [-0.39, 0.29) is 11.5 Å². The third-order valence-electron chi connectivity index (χ3n) is 6.65. The largest absolute Gasteiger partial charge is 0.440 e. The molecule has 9 heteroatoms. The summed E-state index contributed by atoms with van der Waals surface area (Å²) in [5.74, 6) is -0.0750. The van der Waals surface area contributed by atoms with Gasteiger partial charge in [-0.2, -0.15) is 0 Å². The molecule has 0 bridgehead atoms. The van der Waals surface area contributed by atoms with Crippen LogP contribution in [0.4, 0.5) is 10.5 Å². The summed E-state index contributed by atoms with van der Waals surface area (Å²) < 4.78 is 0.156. The van der Waals surface area contributed by atoms with Crippen LogP contribution >= 0.6 is 34.8 Å². The van der Waals surface area contributed by atoms with Gasteiger partial charge < -0.3 is 4.57 Å². The number of amides is 1. The Bertz CT molecular complexity index is 1740. The number of ketones is 1. The summed E-state index contributed by atoms with van der Waals surface area (Å²) in [5.41, 5.74) is 4.09. The van der Waals surface area contributed by atoms with Crippen LogP contribution in [0.1, 0.15) is 28.4 Å². The van der Waals surface area contributed by atoms with Crippen molar-refractivity contribution in [3.8, 4) is 0 Å². The number of nitrogens with zero attached hydrogens (tertiary/aromatic N) is 3. The average Bonchev–Trinajstić information content (AvgIpc) is 3.28. The second-order valence-electron chi connectivity index (χ2n) is 9.09. The van der Waals surface area contributed by atoms with E-state index >= 15 is 0 Å². The molecule has 1 heterocycles. The highest BCUT2D eigenvalue weighted by molar-refractivity contribution is 6.78. The summed E-state index contributed by atoms with van der Waals surface area (Å²) in [6.07, 6.45) is -0.745. The SMILES string of the molecule is CCn1c2ccc(C(=O)c3ccccc3)cc2c2cc(/C(=N/OC(=O)N(C)c3ccccc3)C(Cl)(Cl)Cl)ccc21. The Morgan fingerprint density at radius 2 is 1.35 bits per heavy atom. The van der Waals surface area contributed by atoms with Crippen LogP contribution in [0.25, 0.3) is 21.8 Å². The predicted molar refractivity (Wildman–Crippen MR) is 163 cm³/mol. The number of carbonyl (C=O) groups excluding carboxylic acids is 2. The predicted octanol–water partition coefficient (Wildman–Crippen LogP) is 8.39. The fraction of sp³-hybridized carbons (Fsp3) is 0.129. The lowest BCUT2D eigenvalue weighted by atomic mass is 10.0. The van der Waals surface area contributed by atoms with Crippen LogP contribution in [0, 0.1) is 0 Å². The van der Waals surface area contributed by atoms with E-state index in [1.807, 2.05) is 61.5 Å². The lowest BCUT2D eigenvalue weighted by Crippen LogP contribution is -2.27. The standard InChI is InChI=1S/C31H24Cl3N3O3/c1-3-37-26-16-14-21(28(38)20-10-6-4-7-11-20)18-24(26)25-19-22(15-17-27(25)37)29(31(32,33)34)35-40-30(39)36(2)23-12-8-5-9-13-23/h4-19H,3H2,1-2H3/b35-29-. The summed E-state index contributed by atoms with van der Waals surface area (Å²) in [6, 6.07) is 29.2. The van der Waals surface area contributed by atoms with Gasteiger partial charge in [0.25, 0.3) is 0 Å². The lowest BCUT2D eigenvalue weighted by molar-refractivity contribution is 0.103. The fourth-order valence-electron chi connectivity index (χ4n) is 4.66. The van der Waals surface area contributed by atoms with Gasteiger partial charge in [0, 0.05) is 57.8 Å². The van der Waals surface area contributed by atoms with Gasteiger partial charge in [-0.05, 0) is 49.4 Å². The molecule has 5 aromatic rings. The van der Waals surface area contributed by atoms with E-state index in [9.17, 15) is 9.59 Å². The molecular formula is C31H24Cl3N3O3. The Morgan fingerprint density at radius 1 is 0.800 bits per heavy atom. The maximum Gasteiger partial charge on any atom is 0.440 e. The van der Waals surface area contributed by atoms with Crippen LogP contribution in [-0.2, 0) is 11.4 Å². The number of alkyl halides is 3. The van der Waals surface area contributed by atoms with Gasteiger partial charge in [0.2, 0.25) is 3.79 Å². The molecule has 0 aliphatic rings. The number of hydrogen-bond donors (Lipinski definition) is 0. The number of anilines is 1. The molecular weight excluding hydrogens is 569 g/mol. The fourth-order valence-corrected chi connectivity index (χ4v) is 5.09. The number of fused-ring (bicyclic) bond motifs is 3. The molecule has 5 rings (SSSR count). The zero-order valence-electron chi connectivity index (χ0n) is 21.6. The van der Waals surface area contributed by atoms with Gasteiger partial charge in [0.05, 0.1) is 0 Å². The van der Waals surface area contributed by atoms with Gasteiger partial charge in [0.1, 0.15) is 5.71 Å². The van der Waals surface area contributed by atoms with Crippen molar-refractivity contribution < 1.29 is 14.4 Å². The second kappa shape index (κ2) is 11.3. The van der Waals surface area contributed by atoms with Gasteiger partial charge in [-0.1, -0.05) is 94.6 Å². The van der Waals surface area contributed by atoms with E-state index in [0.717, 1.165) is 21.8 Å². The normalized spacial score (nSPS) is 12.1. The Hall–Kier alpha value is -3.84. The van der Waals surface area contributed by atoms with Crippen LogP contribution in [0.5, 0.6) is 0 Å². The molecule has 0 unspecified atom stereocenters. The number of oxime groups is 1. The maximum absolute atomic E-state index is 13.2. The minimum absolute atomic E-state index is 0.0527. The number of aryl methyl sites for hydroxylation is 1. The molecule has 0 saturated heterocycles. The summed E-state index contributed by atoms with van der Waals surface area (Å²) in [4.78, 5) is 32.4. The number of hydrogen-bond acceptors (Lipinski definition) is 4. The highest BCUT2D eigenvalue weighted by atomic mass is 35.6. The molecule has 6 nitrogen and oxygen atoms in total. The Morgan fingerprint density at radius 3 is 1.93 bits per heavy atom. The van der Waals surface area contributed by atoms with Crippen LogP contribution in [0.15, 0.2) is 102 Å². The average molecular weight is 593 g/mol. The van der Waals surface area contributed by atoms with Crippen molar-refractivity contribution in [2.45, 2.75) is 17.3 Å². The summed E-state index contributed by atoms with van der Waals surface area (Å²) in [6.45, 7) is 2.76. The highest BCUT2D eigenvalue weighted by Gasteiger charge is 2.32. The Kier molecular flexibility index (Phi) is 7.86. The minimum atomic E-state index is -1.99. The Balaban J connectivity index is 1.57. The van der Waals surface area contributed by atoms with Crippen molar-refractivity contribution in [2.24, 2.45) is 5.16 Å². The van der Waals surface area contributed by atoms with Crippen molar-refractivity contribution in [3.63, 3.8) is 0 Å². The van der Waals surface area contributed by atoms with Crippen LogP contribution in [-0.4, -0.2) is 33.0 Å². The Labute approximate surface area is 246 Å². The second-order valence-corrected chi connectivity index (χ2v) is 11.4. The summed E-state index contributed by atoms with van der Waals surface area (Å²) in [5, 5.41) is 5.68. The first kappa shape index (κ1) is 27.7. The number of halogens is 3. The number of benzene rings is 4. The van der Waals surface area contributed by atoms with E-state index in [0.29, 0.717) is 28.9 Å². The van der Waals surface area contributed by atoms with Crippen molar-refractivity contribution in [2.75, 3.05) is 11.9 Å². The van der Waals surface area contributed by atoms with Crippen molar-refractivity contribution in [1.82, 2.24) is 4.57 Å². The van der Waals surface area contributed by atoms with Crippen LogP contribution in [0.2, 0.25) is 0 Å². The first-order valence-corrected chi connectivity index (χ1v) is 13.6. The van der Waals surface area contributed by atoms with Gasteiger partial charge in [-0.15, -0.1) is 0 Å². The maximum atomic E-state index is 13.2. The molecule has 40 heavy (non-hydrogen) atoms. The van der Waals surface area contributed by atoms with Gasteiger partial charge in [-0.25, -0.2) is 4.79 Å². The van der Waals surface area contributed by atoms with Crippen molar-refractivity contribution in [3.05, 3.63) is 114 Å². The third kappa shape index (κ3) is 5.43. The first-order chi connectivity index (χ1) is 19.2. The molecule has 202 valence electrons. The molecule has 0 aliphatic carbocycles. The minimum Gasteiger partial charge on any atom is -0.341 e. The molecule has 0 atom stereocenters. The number of rotatable bonds is 6. The monoisotopic (exact) mass is 591 g/mol. The van der Waals surface area contributed by atoms with Gasteiger partial charge >= 0.3 is 6.09 Å². The summed E-state index contributed by atoms with van der Waals surface area (Å²) >= 11 is 18.9. The first-order valence-electron chi connectivity index (χ1n) is 12.5. The topological polar surface area (TPSA) is 63.9 Å². The molecule has 0 saturated carbocycles. The van der Waals surface area contributed by atoms with Gasteiger partial charge in [-0.3, -0.25) is 14.5 Å². The van der Waals surface area contributed by atoms with Gasteiger partial charge in [0.15, 0.2) is 5.78 Å². The number of para-hydroxylation sites is 1. The van der Waals surface area contributed by atoms with E-state index in [1.54, 1.807) is 49.5 Å². The molecule has 0 aliphatic heterocycles. The smallest absolute Gasteiger partial charge is 0.341 e. The number of carbonyl (C=O) groups is 2. The van der Waals surface area contributed by atoms with Crippen LogP contribution < -0.4 is 4.90 Å². The van der Waals surface area contributed by atoms with E-state index in [4.69, 9.17) is 39.6 Å². The number of aromatic nitrogens is 1. The highest BCUT2D eigenvalue weighted by Crippen LogP contribution is 2.36. The molecule has 0 radical (unpaired) electrons. The zero-order valence-corrected chi connectivity index (χ0v) is 23.9. The van der Waals surface area contributed by atoms with E-state index in [1.165, 1.54) is 4.90 Å². The molecule has 1 amide bonds. The molecule has 0 spiro atoms. The molecule has 0 N–H and O–H groups in total. The van der Waals surface area contributed by atoms with Crippen LogP contribution in [0.3, 0.4) is 0 Å². The molecule has 0 fully saturated rings. The quantitative estimate of drug-likeness (QED) is 0.0654. The summed E-state index contributed by atoms with van der Waals surface area (Å²) in [7, 11) is 1.56. The van der Waals surface area contributed by atoms with Crippen molar-refractivity contribution in [1.29, 1.82) is 0 Å². The lowest BCUT2D eigenvalue weighted by Gasteiger charge is -2.17. The molecule has 1 aromatic heterocycles.